The van der Waals surface area contributed by atoms with Crippen molar-refractivity contribution in [3.05, 3.63) is 0 Å². The maximum atomic E-state index is 6.03. The van der Waals surface area contributed by atoms with E-state index in [1.54, 1.807) is 7.11 Å². The maximum Gasteiger partial charge on any atom is 0.0731 e. The van der Waals surface area contributed by atoms with Crippen molar-refractivity contribution in [3.63, 3.8) is 0 Å². The third-order valence-corrected chi connectivity index (χ3v) is 4.05. The summed E-state index contributed by atoms with van der Waals surface area (Å²) in [7, 11) is 1.73. The molecule has 1 fully saturated rings. The molecule has 0 radical (unpaired) electrons. The molecule has 0 amide bonds. The number of ether oxygens (including phenoxy) is 2. The molecule has 1 aliphatic rings. The Morgan fingerprint density at radius 2 is 2.00 bits per heavy atom. The standard InChI is InChI=1S/C15H31NO2/c1-5-8-16-14-7-6-13(12(2)3)11-15(14)18-10-9-17-4/h12-16H,5-11H2,1-4H3. The Kier molecular flexibility index (Phi) is 7.87. The zero-order valence-electron chi connectivity index (χ0n) is 12.6. The van der Waals surface area contributed by atoms with E-state index in [1.165, 1.54) is 25.7 Å². The molecule has 0 spiro atoms. The Morgan fingerprint density at radius 1 is 1.22 bits per heavy atom. The summed E-state index contributed by atoms with van der Waals surface area (Å²) in [5.74, 6) is 1.59. The van der Waals surface area contributed by atoms with Gasteiger partial charge in [-0.25, -0.2) is 0 Å². The van der Waals surface area contributed by atoms with Gasteiger partial charge in [0.15, 0.2) is 0 Å². The highest BCUT2D eigenvalue weighted by molar-refractivity contribution is 4.86. The number of rotatable bonds is 8. The molecule has 0 heterocycles. The van der Waals surface area contributed by atoms with Crippen LogP contribution in [0.3, 0.4) is 0 Å². The molecule has 3 nitrogen and oxygen atoms in total. The molecular weight excluding hydrogens is 226 g/mol. The molecule has 0 aliphatic heterocycles. The molecule has 3 atom stereocenters. The minimum Gasteiger partial charge on any atom is -0.382 e. The first-order chi connectivity index (χ1) is 8.69. The third kappa shape index (κ3) is 5.25. The molecule has 1 rings (SSSR count). The van der Waals surface area contributed by atoms with Gasteiger partial charge in [-0.2, -0.15) is 0 Å². The molecule has 0 saturated heterocycles. The first-order valence-corrected chi connectivity index (χ1v) is 7.52. The highest BCUT2D eigenvalue weighted by atomic mass is 16.5. The van der Waals surface area contributed by atoms with Crippen LogP contribution in [0.15, 0.2) is 0 Å². The zero-order valence-corrected chi connectivity index (χ0v) is 12.6. The van der Waals surface area contributed by atoms with Crippen molar-refractivity contribution in [1.29, 1.82) is 0 Å². The summed E-state index contributed by atoms with van der Waals surface area (Å²) in [6.07, 6.45) is 5.34. The van der Waals surface area contributed by atoms with Gasteiger partial charge in [0.1, 0.15) is 0 Å². The van der Waals surface area contributed by atoms with Crippen LogP contribution in [0.25, 0.3) is 0 Å². The molecule has 0 bridgehead atoms. The number of nitrogens with one attached hydrogen (secondary N) is 1. The van der Waals surface area contributed by atoms with E-state index in [0.717, 1.165) is 25.0 Å². The normalized spacial score (nSPS) is 28.8. The van der Waals surface area contributed by atoms with Gasteiger partial charge in [-0.3, -0.25) is 0 Å². The van der Waals surface area contributed by atoms with Gasteiger partial charge in [-0.15, -0.1) is 0 Å². The molecule has 0 aromatic carbocycles. The van der Waals surface area contributed by atoms with E-state index in [-0.39, 0.29) is 0 Å². The summed E-state index contributed by atoms with van der Waals surface area (Å²) in [6.45, 7) is 9.39. The second kappa shape index (κ2) is 8.89. The van der Waals surface area contributed by atoms with Crippen LogP contribution >= 0.6 is 0 Å². The molecule has 18 heavy (non-hydrogen) atoms. The summed E-state index contributed by atoms with van der Waals surface area (Å²) >= 11 is 0. The van der Waals surface area contributed by atoms with Crippen molar-refractivity contribution >= 4 is 0 Å². The minimum absolute atomic E-state index is 0.368. The summed E-state index contributed by atoms with van der Waals surface area (Å²) in [4.78, 5) is 0. The van der Waals surface area contributed by atoms with E-state index in [2.05, 4.69) is 26.1 Å². The van der Waals surface area contributed by atoms with E-state index in [9.17, 15) is 0 Å². The molecule has 1 saturated carbocycles. The van der Waals surface area contributed by atoms with Crippen LogP contribution in [0, 0.1) is 11.8 Å². The predicted octanol–water partition coefficient (Wildman–Crippen LogP) is 2.84. The van der Waals surface area contributed by atoms with E-state index < -0.39 is 0 Å². The van der Waals surface area contributed by atoms with Crippen molar-refractivity contribution in [2.45, 2.75) is 58.6 Å². The van der Waals surface area contributed by atoms with Crippen molar-refractivity contribution in [1.82, 2.24) is 5.32 Å². The average Bonchev–Trinajstić information content (AvgIpc) is 2.37. The van der Waals surface area contributed by atoms with Gasteiger partial charge in [0.05, 0.1) is 19.3 Å². The Labute approximate surface area is 113 Å². The van der Waals surface area contributed by atoms with Gasteiger partial charge < -0.3 is 14.8 Å². The monoisotopic (exact) mass is 257 g/mol. The van der Waals surface area contributed by atoms with Gasteiger partial charge in [0.2, 0.25) is 0 Å². The van der Waals surface area contributed by atoms with E-state index in [4.69, 9.17) is 9.47 Å². The van der Waals surface area contributed by atoms with Crippen molar-refractivity contribution in [2.24, 2.45) is 11.8 Å². The highest BCUT2D eigenvalue weighted by Gasteiger charge is 2.31. The Balaban J connectivity index is 2.44. The largest absolute Gasteiger partial charge is 0.382 e. The lowest BCUT2D eigenvalue weighted by atomic mass is 9.78. The topological polar surface area (TPSA) is 30.5 Å². The second-order valence-electron chi connectivity index (χ2n) is 5.78. The van der Waals surface area contributed by atoms with Crippen LogP contribution in [0.5, 0.6) is 0 Å². The quantitative estimate of drug-likeness (QED) is 0.678. The van der Waals surface area contributed by atoms with Gasteiger partial charge >= 0.3 is 0 Å². The van der Waals surface area contributed by atoms with Crippen molar-refractivity contribution in [3.8, 4) is 0 Å². The molecular formula is C15H31NO2. The Bertz CT molecular complexity index is 209. The number of hydrogen-bond donors (Lipinski definition) is 1. The molecule has 3 heteroatoms. The van der Waals surface area contributed by atoms with Crippen LogP contribution in [-0.4, -0.2) is 39.0 Å². The van der Waals surface area contributed by atoms with E-state index in [0.29, 0.717) is 18.8 Å². The van der Waals surface area contributed by atoms with Crippen LogP contribution < -0.4 is 5.32 Å². The minimum atomic E-state index is 0.368. The van der Waals surface area contributed by atoms with E-state index in [1.807, 2.05) is 0 Å². The lowest BCUT2D eigenvalue weighted by molar-refractivity contribution is -0.0345. The zero-order chi connectivity index (χ0) is 13.4. The summed E-state index contributed by atoms with van der Waals surface area (Å²) < 4.78 is 11.1. The number of hydrogen-bond acceptors (Lipinski definition) is 3. The van der Waals surface area contributed by atoms with Crippen molar-refractivity contribution < 1.29 is 9.47 Å². The molecule has 0 aromatic rings. The molecule has 1 aliphatic carbocycles. The van der Waals surface area contributed by atoms with Crippen molar-refractivity contribution in [2.75, 3.05) is 26.9 Å². The lowest BCUT2D eigenvalue weighted by Gasteiger charge is -2.38. The molecule has 3 unspecified atom stereocenters. The fraction of sp³-hybridized carbons (Fsp3) is 1.00. The Hall–Kier alpha value is -0.120. The average molecular weight is 257 g/mol. The Morgan fingerprint density at radius 3 is 2.61 bits per heavy atom. The smallest absolute Gasteiger partial charge is 0.0731 e. The summed E-state index contributed by atoms with van der Waals surface area (Å²) in [6, 6.07) is 0.539. The van der Waals surface area contributed by atoms with Crippen LogP contribution in [0.2, 0.25) is 0 Å². The molecule has 108 valence electrons. The SMILES string of the molecule is CCCNC1CCC(C(C)C)CC1OCCOC. The maximum absolute atomic E-state index is 6.03. The fourth-order valence-corrected chi connectivity index (χ4v) is 2.80. The fourth-order valence-electron chi connectivity index (χ4n) is 2.80. The van der Waals surface area contributed by atoms with Crippen LogP contribution in [-0.2, 0) is 9.47 Å². The first kappa shape index (κ1) is 15.9. The van der Waals surface area contributed by atoms with Gasteiger partial charge in [0.25, 0.3) is 0 Å². The van der Waals surface area contributed by atoms with Crippen LogP contribution in [0.4, 0.5) is 0 Å². The van der Waals surface area contributed by atoms with Gasteiger partial charge in [-0.05, 0) is 44.1 Å². The summed E-state index contributed by atoms with van der Waals surface area (Å²) in [5.41, 5.74) is 0. The first-order valence-electron chi connectivity index (χ1n) is 7.52. The van der Waals surface area contributed by atoms with Gasteiger partial charge in [-0.1, -0.05) is 20.8 Å². The van der Waals surface area contributed by atoms with Gasteiger partial charge in [0, 0.05) is 13.2 Å². The second-order valence-corrected chi connectivity index (χ2v) is 5.78. The predicted molar refractivity (Wildman–Crippen MR) is 75.9 cm³/mol. The lowest BCUT2D eigenvalue weighted by Crippen LogP contribution is -2.46. The van der Waals surface area contributed by atoms with Crippen LogP contribution in [0.1, 0.15) is 46.5 Å². The third-order valence-electron chi connectivity index (χ3n) is 4.05. The highest BCUT2D eigenvalue weighted by Crippen LogP contribution is 2.31. The molecule has 0 aromatic heterocycles. The summed E-state index contributed by atoms with van der Waals surface area (Å²) in [5, 5.41) is 3.64. The molecule has 1 N–H and O–H groups in total. The number of methoxy groups -OCH3 is 1. The van der Waals surface area contributed by atoms with E-state index >= 15 is 0 Å².